The highest BCUT2D eigenvalue weighted by atomic mass is 16.3. The van der Waals surface area contributed by atoms with E-state index in [9.17, 15) is 19.8 Å². The first kappa shape index (κ1) is 18.8. The highest BCUT2D eigenvalue weighted by Gasteiger charge is 2.40. The van der Waals surface area contributed by atoms with E-state index in [-0.39, 0.29) is 36.3 Å². The van der Waals surface area contributed by atoms with E-state index in [0.29, 0.717) is 17.7 Å². The summed E-state index contributed by atoms with van der Waals surface area (Å²) in [5.74, 6) is 0.574. The minimum absolute atomic E-state index is 0.153. The lowest BCUT2D eigenvalue weighted by molar-refractivity contribution is -0.150. The first-order valence-electron chi connectivity index (χ1n) is 9.12. The predicted octanol–water partition coefficient (Wildman–Crippen LogP) is 2.10. The number of benzene rings is 1. The van der Waals surface area contributed by atoms with Gasteiger partial charge in [0.25, 0.3) is 0 Å². The molecule has 27 heavy (non-hydrogen) atoms. The van der Waals surface area contributed by atoms with E-state index in [2.05, 4.69) is 5.32 Å². The largest absolute Gasteiger partial charge is 0.504 e. The number of nitrogens with one attached hydrogen (secondary N) is 1. The summed E-state index contributed by atoms with van der Waals surface area (Å²) in [6.45, 7) is 4.04. The van der Waals surface area contributed by atoms with E-state index < -0.39 is 12.1 Å². The van der Waals surface area contributed by atoms with Crippen LogP contribution in [0, 0.1) is 0 Å². The number of phenols is 2. The predicted molar refractivity (Wildman–Crippen MR) is 98.1 cm³/mol. The summed E-state index contributed by atoms with van der Waals surface area (Å²) in [5.41, 5.74) is 0.645. The summed E-state index contributed by atoms with van der Waals surface area (Å²) in [6.07, 6.45) is 1.48. The number of nitrogens with zero attached hydrogens (tertiary/aromatic N) is 1. The Morgan fingerprint density at radius 3 is 2.44 bits per heavy atom. The third-order valence-corrected chi connectivity index (χ3v) is 4.85. The zero-order chi connectivity index (χ0) is 19.6. The lowest BCUT2D eigenvalue weighted by atomic mass is 9.98. The molecule has 3 rings (SSSR count). The fourth-order valence-electron chi connectivity index (χ4n) is 3.28. The number of aryl methyl sites for hydroxylation is 1. The number of hydrogen-bond donors (Lipinski definition) is 3. The Hall–Kier alpha value is -2.96. The van der Waals surface area contributed by atoms with E-state index in [1.165, 1.54) is 17.0 Å². The molecule has 0 spiro atoms. The van der Waals surface area contributed by atoms with Crippen molar-refractivity contribution in [3.8, 4) is 11.5 Å². The number of furan rings is 1. The number of phenolic OH excluding ortho intramolecular Hbond substituents is 2. The first-order chi connectivity index (χ1) is 12.9. The molecule has 2 aromatic rings. The van der Waals surface area contributed by atoms with E-state index in [1.54, 1.807) is 6.07 Å². The van der Waals surface area contributed by atoms with Gasteiger partial charge in [-0.15, -0.1) is 0 Å². The zero-order valence-corrected chi connectivity index (χ0v) is 15.4. The van der Waals surface area contributed by atoms with Crippen molar-refractivity contribution in [2.24, 2.45) is 0 Å². The van der Waals surface area contributed by atoms with Gasteiger partial charge in [-0.2, -0.15) is 0 Å². The molecule has 1 saturated heterocycles. The van der Waals surface area contributed by atoms with Gasteiger partial charge in [0.2, 0.25) is 11.8 Å². The van der Waals surface area contributed by atoms with Crippen LogP contribution < -0.4 is 5.32 Å². The van der Waals surface area contributed by atoms with Gasteiger partial charge < -0.3 is 24.8 Å². The molecule has 2 atom stereocenters. The topological polar surface area (TPSA) is 103 Å². The lowest BCUT2D eigenvalue weighted by Gasteiger charge is -2.38. The van der Waals surface area contributed by atoms with Gasteiger partial charge in [0.05, 0.1) is 6.54 Å². The van der Waals surface area contributed by atoms with Crippen LogP contribution in [0.15, 0.2) is 34.7 Å². The van der Waals surface area contributed by atoms with Gasteiger partial charge in [-0.25, -0.2) is 0 Å². The lowest BCUT2D eigenvalue weighted by Crippen LogP contribution is -2.63. The highest BCUT2D eigenvalue weighted by molar-refractivity contribution is 5.97. The average Bonchev–Trinajstić information content (AvgIpc) is 3.11. The number of amides is 2. The second-order valence-corrected chi connectivity index (χ2v) is 6.70. The number of hydrogen-bond acceptors (Lipinski definition) is 5. The maximum atomic E-state index is 12.9. The third-order valence-electron chi connectivity index (χ3n) is 4.85. The fourth-order valence-corrected chi connectivity index (χ4v) is 3.28. The van der Waals surface area contributed by atoms with E-state index in [1.807, 2.05) is 26.0 Å². The van der Waals surface area contributed by atoms with Crippen LogP contribution in [-0.2, 0) is 29.0 Å². The van der Waals surface area contributed by atoms with Crippen LogP contribution in [0.25, 0.3) is 0 Å². The minimum atomic E-state index is -0.723. The molecule has 1 aliphatic rings. The Morgan fingerprint density at radius 2 is 1.81 bits per heavy atom. The van der Waals surface area contributed by atoms with Crippen molar-refractivity contribution in [2.75, 3.05) is 0 Å². The molecule has 1 aromatic carbocycles. The second-order valence-electron chi connectivity index (χ2n) is 6.70. The first-order valence-corrected chi connectivity index (χ1v) is 9.12. The van der Waals surface area contributed by atoms with Gasteiger partial charge in [-0.1, -0.05) is 19.9 Å². The van der Waals surface area contributed by atoms with Crippen LogP contribution >= 0.6 is 0 Å². The van der Waals surface area contributed by atoms with Gasteiger partial charge in [0.15, 0.2) is 11.5 Å². The summed E-state index contributed by atoms with van der Waals surface area (Å²) >= 11 is 0. The number of rotatable bonds is 6. The van der Waals surface area contributed by atoms with Gasteiger partial charge in [0, 0.05) is 12.8 Å². The normalized spacial score (nSPS) is 20.0. The maximum Gasteiger partial charge on any atom is 0.246 e. The molecule has 1 aromatic heterocycles. The average molecular weight is 372 g/mol. The molecule has 1 fully saturated rings. The fraction of sp³-hybridized carbons (Fsp3) is 0.400. The van der Waals surface area contributed by atoms with Gasteiger partial charge >= 0.3 is 0 Å². The number of carbonyl (C=O) groups excluding carboxylic acids is 2. The number of aromatic hydroxyl groups is 2. The molecule has 7 heteroatoms. The molecule has 1 aliphatic heterocycles. The van der Waals surface area contributed by atoms with Crippen LogP contribution in [0.2, 0.25) is 0 Å². The van der Waals surface area contributed by atoms with Crippen LogP contribution in [0.5, 0.6) is 11.5 Å². The molecule has 2 amide bonds. The van der Waals surface area contributed by atoms with Gasteiger partial charge in [0.1, 0.15) is 23.6 Å². The molecule has 0 saturated carbocycles. The van der Waals surface area contributed by atoms with E-state index >= 15 is 0 Å². The Kier molecular flexibility index (Phi) is 5.39. The summed E-state index contributed by atoms with van der Waals surface area (Å²) in [6, 6.07) is 6.81. The van der Waals surface area contributed by atoms with Crippen LogP contribution in [0.1, 0.15) is 37.4 Å². The monoisotopic (exact) mass is 372 g/mol. The third kappa shape index (κ3) is 3.92. The molecule has 0 bridgehead atoms. The van der Waals surface area contributed by atoms with Crippen molar-refractivity contribution in [3.63, 3.8) is 0 Å². The molecular formula is C20H24N2O5. The van der Waals surface area contributed by atoms with E-state index in [0.717, 1.165) is 12.2 Å². The Balaban J connectivity index is 1.87. The standard InChI is InChI=1S/C20H24N2O5/c1-3-13-6-7-14(27-13)11-22-16(19(25)21-15(4-2)20(22)26)9-12-5-8-17(23)18(24)10-12/h5-8,10,15-16,23-24H,3-4,9,11H2,1-2H3,(H,21,25). The smallest absolute Gasteiger partial charge is 0.246 e. The van der Waals surface area contributed by atoms with Crippen LogP contribution in [0.4, 0.5) is 0 Å². The SMILES string of the molecule is CCc1ccc(CN2C(=O)C(CC)NC(=O)C2Cc2ccc(O)c(O)c2)o1. The molecule has 3 N–H and O–H groups in total. The minimum Gasteiger partial charge on any atom is -0.504 e. The molecular weight excluding hydrogens is 348 g/mol. The number of carbonyl (C=O) groups is 2. The van der Waals surface area contributed by atoms with Crippen molar-refractivity contribution >= 4 is 11.8 Å². The van der Waals surface area contributed by atoms with Crippen molar-refractivity contribution in [1.29, 1.82) is 0 Å². The van der Waals surface area contributed by atoms with Gasteiger partial charge in [-0.05, 0) is 36.2 Å². The molecule has 2 unspecified atom stereocenters. The van der Waals surface area contributed by atoms with Crippen molar-refractivity contribution in [1.82, 2.24) is 10.2 Å². The van der Waals surface area contributed by atoms with Crippen molar-refractivity contribution in [2.45, 2.75) is 51.7 Å². The highest BCUT2D eigenvalue weighted by Crippen LogP contribution is 2.27. The quantitative estimate of drug-likeness (QED) is 0.674. The molecule has 0 radical (unpaired) electrons. The molecule has 0 aliphatic carbocycles. The number of piperazine rings is 1. The molecule has 7 nitrogen and oxygen atoms in total. The summed E-state index contributed by atoms with van der Waals surface area (Å²) < 4.78 is 5.72. The summed E-state index contributed by atoms with van der Waals surface area (Å²) in [5, 5.41) is 22.0. The Morgan fingerprint density at radius 1 is 1.07 bits per heavy atom. The van der Waals surface area contributed by atoms with Crippen LogP contribution in [0.3, 0.4) is 0 Å². The molecule has 144 valence electrons. The summed E-state index contributed by atoms with van der Waals surface area (Å²) in [7, 11) is 0. The van der Waals surface area contributed by atoms with Gasteiger partial charge in [-0.3, -0.25) is 9.59 Å². The summed E-state index contributed by atoms with van der Waals surface area (Å²) in [4.78, 5) is 27.1. The Bertz CT molecular complexity index is 845. The van der Waals surface area contributed by atoms with Crippen molar-refractivity contribution in [3.05, 3.63) is 47.4 Å². The van der Waals surface area contributed by atoms with Crippen LogP contribution in [-0.4, -0.2) is 39.0 Å². The van der Waals surface area contributed by atoms with Crippen molar-refractivity contribution < 1.29 is 24.2 Å². The Labute approximate surface area is 157 Å². The molecule has 2 heterocycles. The second kappa shape index (κ2) is 7.73. The zero-order valence-electron chi connectivity index (χ0n) is 15.4. The van der Waals surface area contributed by atoms with E-state index in [4.69, 9.17) is 4.42 Å². The maximum absolute atomic E-state index is 12.9.